The van der Waals surface area contributed by atoms with Crippen molar-refractivity contribution in [1.82, 2.24) is 5.32 Å². The van der Waals surface area contributed by atoms with E-state index < -0.39 is 124 Å². The van der Waals surface area contributed by atoms with Crippen LogP contribution >= 0.6 is 0 Å². The summed E-state index contributed by atoms with van der Waals surface area (Å²) in [5.74, 6) is -0.267. The Kier molecular flexibility index (Phi) is 73.0. The third-order valence-corrected chi connectivity index (χ3v) is 24.5. The fourth-order valence-corrected chi connectivity index (χ4v) is 16.7. The minimum Gasteiger partial charge on any atom is -0.394 e. The van der Waals surface area contributed by atoms with Gasteiger partial charge in [0.25, 0.3) is 0 Å². The van der Waals surface area contributed by atoms with E-state index in [0.29, 0.717) is 6.42 Å². The second kappa shape index (κ2) is 78.7. The third kappa shape index (κ3) is 56.1. The fraction of sp³-hybridized carbons (Fsp3) is 0.870. The molecule has 17 atom stereocenters. The molecule has 19 heteroatoms. The van der Waals surface area contributed by atoms with Gasteiger partial charge in [0.15, 0.2) is 18.9 Å². The maximum Gasteiger partial charge on any atom is 0.220 e. The molecule has 0 aromatic rings. The van der Waals surface area contributed by atoms with Gasteiger partial charge in [0.1, 0.15) is 73.2 Å². The molecule has 12 N–H and O–H groups in total. The van der Waals surface area contributed by atoms with Crippen molar-refractivity contribution < 1.29 is 89.4 Å². The van der Waals surface area contributed by atoms with Crippen LogP contribution in [-0.4, -0.2) is 193 Å². The zero-order valence-electron chi connectivity index (χ0n) is 75.6. The van der Waals surface area contributed by atoms with Crippen molar-refractivity contribution in [2.45, 2.75) is 529 Å². The highest BCUT2D eigenvalue weighted by Crippen LogP contribution is 2.34. The summed E-state index contributed by atoms with van der Waals surface area (Å²) in [4.78, 5) is 13.6. The van der Waals surface area contributed by atoms with Gasteiger partial charge in [0.2, 0.25) is 5.91 Å². The molecular weight excluding hydrogens is 1500 g/mol. The summed E-state index contributed by atoms with van der Waals surface area (Å²) < 4.78 is 34.6. The Labute approximate surface area is 725 Å². The third-order valence-electron chi connectivity index (χ3n) is 24.5. The summed E-state index contributed by atoms with van der Waals surface area (Å²) in [5.41, 5.74) is 0. The van der Waals surface area contributed by atoms with Gasteiger partial charge in [-0.2, -0.15) is 0 Å². The minimum absolute atomic E-state index is 0.246. The standard InChI is InChI=1S/C100H183NO18/c1-3-5-7-9-11-13-15-17-19-21-23-25-27-29-31-33-35-37-38-39-40-41-42-43-44-46-48-50-52-54-56-58-60-62-64-66-68-70-72-74-76-78-88(106)101-83(84(105)77-75-73-71-69-67-65-63-61-59-57-55-53-51-49-47-45-36-34-32-30-28-26-24-22-20-18-16-14-12-10-8-6-4-2)82-114-98-94(112)91(109)96(86(80-103)116-98)119-100-95(113)92(110)97(87(81-104)117-100)118-99-93(111)90(108)89(107)85(79-102)115-99/h5,7,11,13,17,19,23,25,29,31,75,77,83-87,89-100,102-105,107-113H,3-4,6,8-10,12,14-16,18,20-22,24,26-28,30,32-74,76,78-82H2,1-2H3,(H,101,106)/b7-5-,13-11-,19-17-,25-23-,31-29-,77-75+. The van der Waals surface area contributed by atoms with Crippen molar-refractivity contribution in [2.24, 2.45) is 0 Å². The molecule has 119 heavy (non-hydrogen) atoms. The first-order valence-electron chi connectivity index (χ1n) is 49.7. The van der Waals surface area contributed by atoms with Crippen LogP contribution in [0.2, 0.25) is 0 Å². The number of amides is 1. The highest BCUT2D eigenvalue weighted by Gasteiger charge is 2.54. The predicted molar refractivity (Wildman–Crippen MR) is 485 cm³/mol. The Morgan fingerprint density at radius 2 is 0.580 bits per heavy atom. The van der Waals surface area contributed by atoms with E-state index in [2.05, 4.69) is 79.9 Å². The largest absolute Gasteiger partial charge is 0.394 e. The number of hydrogen-bond acceptors (Lipinski definition) is 18. The van der Waals surface area contributed by atoms with Crippen molar-refractivity contribution in [2.75, 3.05) is 26.4 Å². The van der Waals surface area contributed by atoms with E-state index in [1.807, 2.05) is 6.08 Å². The normalized spacial score (nSPS) is 24.5. The van der Waals surface area contributed by atoms with E-state index in [9.17, 15) is 61.0 Å². The first kappa shape index (κ1) is 110. The highest BCUT2D eigenvalue weighted by atomic mass is 16.8. The fourth-order valence-electron chi connectivity index (χ4n) is 16.7. The summed E-state index contributed by atoms with van der Waals surface area (Å²) in [6, 6.07) is -0.976. The van der Waals surface area contributed by atoms with Crippen LogP contribution < -0.4 is 5.32 Å². The molecule has 3 fully saturated rings. The number of hydrogen-bond donors (Lipinski definition) is 12. The average molecular weight is 1690 g/mol. The number of carbonyl (C=O) groups is 1. The summed E-state index contributed by atoms with van der Waals surface area (Å²) in [5, 5.41) is 121. The molecule has 17 unspecified atom stereocenters. The number of aliphatic hydroxyl groups is 11. The number of carbonyl (C=O) groups excluding carboxylic acids is 1. The molecule has 0 aliphatic carbocycles. The van der Waals surface area contributed by atoms with E-state index >= 15 is 0 Å². The Balaban J connectivity index is 1.28. The van der Waals surface area contributed by atoms with Gasteiger partial charge in [-0.25, -0.2) is 0 Å². The molecule has 3 heterocycles. The van der Waals surface area contributed by atoms with Crippen LogP contribution in [0.5, 0.6) is 0 Å². The van der Waals surface area contributed by atoms with Crippen molar-refractivity contribution >= 4 is 5.91 Å². The topological polar surface area (TPSA) is 307 Å². The number of unbranched alkanes of at least 4 members (excludes halogenated alkanes) is 56. The number of nitrogens with one attached hydrogen (secondary N) is 1. The molecule has 0 bridgehead atoms. The predicted octanol–water partition coefficient (Wildman–Crippen LogP) is 20.6. The summed E-state index contributed by atoms with van der Waals surface area (Å²) in [6.45, 7) is 1.69. The van der Waals surface area contributed by atoms with Crippen LogP contribution in [0.15, 0.2) is 72.9 Å². The molecule has 3 saturated heterocycles. The number of aliphatic hydroxyl groups excluding tert-OH is 11. The Morgan fingerprint density at radius 3 is 0.908 bits per heavy atom. The van der Waals surface area contributed by atoms with Crippen molar-refractivity contribution in [3.05, 3.63) is 72.9 Å². The molecule has 3 aliphatic heterocycles. The van der Waals surface area contributed by atoms with Gasteiger partial charge < -0.3 is 89.9 Å². The van der Waals surface area contributed by atoms with Gasteiger partial charge in [-0.05, 0) is 64.2 Å². The lowest BCUT2D eigenvalue weighted by atomic mass is 9.96. The van der Waals surface area contributed by atoms with E-state index in [1.165, 1.54) is 321 Å². The van der Waals surface area contributed by atoms with E-state index in [-0.39, 0.29) is 18.9 Å². The number of rotatable bonds is 82. The maximum atomic E-state index is 13.6. The van der Waals surface area contributed by atoms with Gasteiger partial charge in [0.05, 0.1) is 38.6 Å². The van der Waals surface area contributed by atoms with Crippen LogP contribution in [0.3, 0.4) is 0 Å². The minimum atomic E-state index is -1.98. The van der Waals surface area contributed by atoms with Crippen LogP contribution in [0.4, 0.5) is 0 Å². The SMILES string of the molecule is CC/C=C\C/C=C\C/C=C\C/C=C\C/C=C\CCCCCCCCCCCCCCCCCCCCCCCCCCCC(=O)NC(COC1OC(CO)C(OC2OC(CO)C(OC3OC(CO)C(O)C(O)C3O)C(O)C2O)C(O)C1O)C(O)/C=C/CCCCCCCCCCCCCCCCCCCCCCCCCCCCCCCCC. The lowest BCUT2D eigenvalue weighted by molar-refractivity contribution is -0.379. The molecule has 0 saturated carbocycles. The molecule has 1 amide bonds. The van der Waals surface area contributed by atoms with Crippen molar-refractivity contribution in [1.29, 1.82) is 0 Å². The average Bonchev–Trinajstić information content (AvgIpc) is 0.778. The molecule has 0 aromatic heterocycles. The second-order valence-corrected chi connectivity index (χ2v) is 35.2. The second-order valence-electron chi connectivity index (χ2n) is 35.2. The maximum absolute atomic E-state index is 13.6. The Hall–Kier alpha value is -2.77. The molecule has 696 valence electrons. The number of allylic oxidation sites excluding steroid dienone is 11. The molecule has 3 rings (SSSR count). The van der Waals surface area contributed by atoms with E-state index in [0.717, 1.165) is 77.0 Å². The van der Waals surface area contributed by atoms with Gasteiger partial charge in [-0.1, -0.05) is 427 Å². The lowest BCUT2D eigenvalue weighted by Gasteiger charge is -2.48. The van der Waals surface area contributed by atoms with Crippen molar-refractivity contribution in [3.8, 4) is 0 Å². The molecule has 0 radical (unpaired) electrons. The summed E-state index contributed by atoms with van der Waals surface area (Å²) >= 11 is 0. The van der Waals surface area contributed by atoms with Gasteiger partial charge >= 0.3 is 0 Å². The van der Waals surface area contributed by atoms with E-state index in [4.69, 9.17) is 28.4 Å². The summed E-state index contributed by atoms with van der Waals surface area (Å²) in [7, 11) is 0. The first-order valence-corrected chi connectivity index (χ1v) is 49.7. The first-order chi connectivity index (χ1) is 58.3. The van der Waals surface area contributed by atoms with Gasteiger partial charge in [-0.3, -0.25) is 4.79 Å². The zero-order chi connectivity index (χ0) is 85.9. The van der Waals surface area contributed by atoms with Crippen molar-refractivity contribution in [3.63, 3.8) is 0 Å². The number of ether oxygens (including phenoxy) is 6. The zero-order valence-corrected chi connectivity index (χ0v) is 75.6. The molecule has 3 aliphatic rings. The quantitative estimate of drug-likeness (QED) is 0.0199. The molecular formula is C100H183NO18. The molecule has 0 aromatic carbocycles. The highest BCUT2D eigenvalue weighted by molar-refractivity contribution is 5.76. The molecule has 19 nitrogen and oxygen atoms in total. The van der Waals surface area contributed by atoms with Crippen LogP contribution in [0, 0.1) is 0 Å². The van der Waals surface area contributed by atoms with E-state index in [1.54, 1.807) is 6.08 Å². The Bertz CT molecular complexity index is 2430. The van der Waals surface area contributed by atoms with Gasteiger partial charge in [-0.15, -0.1) is 0 Å². The summed E-state index contributed by atoms with van der Waals surface area (Å²) in [6.07, 6.45) is 80.8. The Morgan fingerprint density at radius 1 is 0.311 bits per heavy atom. The smallest absolute Gasteiger partial charge is 0.220 e. The van der Waals surface area contributed by atoms with Crippen LogP contribution in [-0.2, 0) is 33.2 Å². The lowest BCUT2D eigenvalue weighted by Crippen LogP contribution is -2.66. The van der Waals surface area contributed by atoms with Crippen LogP contribution in [0.25, 0.3) is 0 Å². The van der Waals surface area contributed by atoms with Gasteiger partial charge in [0, 0.05) is 6.42 Å². The monoisotopic (exact) mass is 1690 g/mol. The van der Waals surface area contributed by atoms with Crippen LogP contribution in [0.1, 0.15) is 425 Å². The molecule has 0 spiro atoms.